The minimum atomic E-state index is -0.724. The molecule has 0 heterocycles. The monoisotopic (exact) mass is 257 g/mol. The van der Waals surface area contributed by atoms with Crippen molar-refractivity contribution in [2.45, 2.75) is 36.9 Å². The van der Waals surface area contributed by atoms with Crippen LogP contribution in [0.15, 0.2) is 5.16 Å². The summed E-state index contributed by atoms with van der Waals surface area (Å²) in [5.41, 5.74) is 4.84. The Morgan fingerprint density at radius 3 is 2.47 bits per heavy atom. The standard InChI is InChI=1S/C11H19N3O2S/c1-17-10(3-2-4-10)7-13-9(15)11(5-6-11)8(12)14-16/h16H,2-7H2,1H3,(H2,12,14)(H,13,15). The molecule has 0 aromatic rings. The molecule has 2 rings (SSSR count). The third-order valence-corrected chi connectivity index (χ3v) is 5.47. The van der Waals surface area contributed by atoms with Crippen LogP contribution in [0.2, 0.25) is 0 Å². The van der Waals surface area contributed by atoms with Crippen LogP contribution in [0, 0.1) is 5.41 Å². The molecule has 2 aliphatic carbocycles. The van der Waals surface area contributed by atoms with Crippen molar-refractivity contribution >= 4 is 23.5 Å². The van der Waals surface area contributed by atoms with E-state index in [1.54, 1.807) is 0 Å². The van der Waals surface area contributed by atoms with E-state index in [4.69, 9.17) is 10.9 Å². The molecule has 2 aliphatic rings. The van der Waals surface area contributed by atoms with Crippen LogP contribution in [0.1, 0.15) is 32.1 Å². The van der Waals surface area contributed by atoms with Gasteiger partial charge in [0.2, 0.25) is 5.91 Å². The molecule has 5 nitrogen and oxygen atoms in total. The number of oxime groups is 1. The first-order valence-electron chi connectivity index (χ1n) is 5.90. The SMILES string of the molecule is CSC1(CNC(=O)C2(C(N)=NO)CC2)CCC1. The number of hydrogen-bond acceptors (Lipinski definition) is 4. The van der Waals surface area contributed by atoms with Crippen molar-refractivity contribution < 1.29 is 10.0 Å². The van der Waals surface area contributed by atoms with Gasteiger partial charge in [-0.15, -0.1) is 0 Å². The summed E-state index contributed by atoms with van der Waals surface area (Å²) in [6, 6.07) is 0. The van der Waals surface area contributed by atoms with E-state index in [-0.39, 0.29) is 16.5 Å². The molecule has 2 fully saturated rings. The van der Waals surface area contributed by atoms with Gasteiger partial charge in [-0.3, -0.25) is 4.79 Å². The first kappa shape index (κ1) is 12.5. The Morgan fingerprint density at radius 1 is 1.47 bits per heavy atom. The summed E-state index contributed by atoms with van der Waals surface area (Å²) in [5.74, 6) is -0.0464. The number of carbonyl (C=O) groups is 1. The highest BCUT2D eigenvalue weighted by Crippen LogP contribution is 2.47. The van der Waals surface area contributed by atoms with E-state index in [1.807, 2.05) is 11.8 Å². The Balaban J connectivity index is 1.90. The molecule has 6 heteroatoms. The predicted molar refractivity (Wildman–Crippen MR) is 68.2 cm³/mol. The quantitative estimate of drug-likeness (QED) is 0.296. The summed E-state index contributed by atoms with van der Waals surface area (Å²) in [5, 5.41) is 14.6. The summed E-state index contributed by atoms with van der Waals surface area (Å²) in [7, 11) is 0. The van der Waals surface area contributed by atoms with Crippen LogP contribution in [-0.4, -0.2) is 34.5 Å². The van der Waals surface area contributed by atoms with Crippen molar-refractivity contribution in [1.29, 1.82) is 0 Å². The first-order chi connectivity index (χ1) is 8.08. The lowest BCUT2D eigenvalue weighted by Gasteiger charge is -2.40. The smallest absolute Gasteiger partial charge is 0.234 e. The third kappa shape index (κ3) is 2.10. The van der Waals surface area contributed by atoms with Gasteiger partial charge in [-0.25, -0.2) is 0 Å². The number of amides is 1. The number of carbonyl (C=O) groups excluding carboxylic acids is 1. The van der Waals surface area contributed by atoms with Crippen molar-refractivity contribution in [2.24, 2.45) is 16.3 Å². The molecule has 0 aromatic heterocycles. The zero-order chi connectivity index (χ0) is 12.5. The molecule has 0 spiro atoms. The van der Waals surface area contributed by atoms with Gasteiger partial charge in [0.05, 0.1) is 0 Å². The van der Waals surface area contributed by atoms with Gasteiger partial charge in [0.15, 0.2) is 5.84 Å². The van der Waals surface area contributed by atoms with Crippen molar-refractivity contribution in [3.8, 4) is 0 Å². The molecule has 0 radical (unpaired) electrons. The second kappa shape index (κ2) is 4.40. The molecule has 96 valence electrons. The van der Waals surface area contributed by atoms with Gasteiger partial charge in [-0.05, 0) is 31.9 Å². The number of nitrogens with one attached hydrogen (secondary N) is 1. The molecule has 0 saturated heterocycles. The fraction of sp³-hybridized carbons (Fsp3) is 0.818. The Morgan fingerprint density at radius 2 is 2.12 bits per heavy atom. The van der Waals surface area contributed by atoms with Crippen molar-refractivity contribution in [3.05, 3.63) is 0 Å². The molecular weight excluding hydrogens is 238 g/mol. The van der Waals surface area contributed by atoms with Crippen LogP contribution in [0.4, 0.5) is 0 Å². The maximum atomic E-state index is 12.0. The number of nitrogens with zero attached hydrogens (tertiary/aromatic N) is 1. The van der Waals surface area contributed by atoms with Crippen molar-refractivity contribution in [2.75, 3.05) is 12.8 Å². The van der Waals surface area contributed by atoms with Crippen LogP contribution in [0.25, 0.3) is 0 Å². The lowest BCUT2D eigenvalue weighted by Crippen LogP contribution is -2.49. The van der Waals surface area contributed by atoms with E-state index >= 15 is 0 Å². The van der Waals surface area contributed by atoms with Gasteiger partial charge in [-0.1, -0.05) is 11.6 Å². The lowest BCUT2D eigenvalue weighted by atomic mass is 9.84. The summed E-state index contributed by atoms with van der Waals surface area (Å²) in [6.07, 6.45) is 7.00. The largest absolute Gasteiger partial charge is 0.409 e. The van der Waals surface area contributed by atoms with Gasteiger partial charge in [0.25, 0.3) is 0 Å². The summed E-state index contributed by atoms with van der Waals surface area (Å²) < 4.78 is 0.219. The molecule has 0 unspecified atom stereocenters. The Labute approximate surface area is 105 Å². The average Bonchev–Trinajstić information content (AvgIpc) is 3.08. The van der Waals surface area contributed by atoms with E-state index in [2.05, 4.69) is 16.7 Å². The zero-order valence-electron chi connectivity index (χ0n) is 10.0. The number of rotatable bonds is 5. The number of amidine groups is 1. The Bertz CT molecular complexity index is 343. The van der Waals surface area contributed by atoms with Crippen LogP contribution in [0.3, 0.4) is 0 Å². The van der Waals surface area contributed by atoms with E-state index in [9.17, 15) is 4.79 Å². The molecule has 2 saturated carbocycles. The molecule has 0 aliphatic heterocycles. The summed E-state index contributed by atoms with van der Waals surface area (Å²) in [6.45, 7) is 0.688. The van der Waals surface area contributed by atoms with Gasteiger partial charge in [0, 0.05) is 11.3 Å². The molecule has 0 atom stereocenters. The summed E-state index contributed by atoms with van der Waals surface area (Å²) in [4.78, 5) is 12.0. The Kier molecular flexibility index (Phi) is 3.25. The minimum absolute atomic E-state index is 0.0433. The summed E-state index contributed by atoms with van der Waals surface area (Å²) >= 11 is 1.82. The van der Waals surface area contributed by atoms with Crippen LogP contribution >= 0.6 is 11.8 Å². The average molecular weight is 257 g/mol. The van der Waals surface area contributed by atoms with E-state index in [0.29, 0.717) is 19.4 Å². The highest BCUT2D eigenvalue weighted by atomic mass is 32.2. The van der Waals surface area contributed by atoms with Gasteiger partial charge >= 0.3 is 0 Å². The fourth-order valence-electron chi connectivity index (χ4n) is 2.25. The highest BCUT2D eigenvalue weighted by Gasteiger charge is 2.54. The normalized spacial score (nSPS) is 24.9. The van der Waals surface area contributed by atoms with Gasteiger partial charge in [0.1, 0.15) is 5.41 Å². The van der Waals surface area contributed by atoms with Gasteiger partial charge < -0.3 is 16.3 Å². The third-order valence-electron chi connectivity index (χ3n) is 4.05. The predicted octanol–water partition coefficient (Wildman–Crippen LogP) is 0.915. The second-order valence-corrected chi connectivity index (χ2v) is 6.26. The zero-order valence-corrected chi connectivity index (χ0v) is 10.8. The van der Waals surface area contributed by atoms with E-state index in [0.717, 1.165) is 12.8 Å². The van der Waals surface area contributed by atoms with Crippen LogP contribution in [0.5, 0.6) is 0 Å². The maximum Gasteiger partial charge on any atom is 0.234 e. The van der Waals surface area contributed by atoms with Gasteiger partial charge in [-0.2, -0.15) is 11.8 Å². The molecule has 17 heavy (non-hydrogen) atoms. The van der Waals surface area contributed by atoms with E-state index in [1.165, 1.54) is 6.42 Å². The molecule has 4 N–H and O–H groups in total. The second-order valence-electron chi connectivity index (χ2n) is 4.99. The fourth-order valence-corrected chi connectivity index (χ4v) is 3.17. The minimum Gasteiger partial charge on any atom is -0.409 e. The molecule has 1 amide bonds. The topological polar surface area (TPSA) is 87.7 Å². The highest BCUT2D eigenvalue weighted by molar-refractivity contribution is 8.00. The number of nitrogens with two attached hydrogens (primary N) is 1. The number of thioether (sulfide) groups is 1. The number of hydrogen-bond donors (Lipinski definition) is 3. The van der Waals surface area contributed by atoms with Crippen LogP contribution in [-0.2, 0) is 4.79 Å². The lowest BCUT2D eigenvalue weighted by molar-refractivity contribution is -0.124. The first-order valence-corrected chi connectivity index (χ1v) is 7.12. The maximum absolute atomic E-state index is 12.0. The van der Waals surface area contributed by atoms with E-state index < -0.39 is 5.41 Å². The molecule has 0 aromatic carbocycles. The Hall–Kier alpha value is -0.910. The van der Waals surface area contributed by atoms with Crippen molar-refractivity contribution in [1.82, 2.24) is 5.32 Å². The van der Waals surface area contributed by atoms with Crippen LogP contribution < -0.4 is 11.1 Å². The van der Waals surface area contributed by atoms with Crippen molar-refractivity contribution in [3.63, 3.8) is 0 Å². The molecule has 0 bridgehead atoms. The molecular formula is C11H19N3O2S.